The van der Waals surface area contributed by atoms with Crippen molar-refractivity contribution in [2.45, 2.75) is 32.4 Å². The summed E-state index contributed by atoms with van der Waals surface area (Å²) in [5, 5.41) is 0. The van der Waals surface area contributed by atoms with Gasteiger partial charge in [0.05, 0.1) is 0 Å². The molecule has 16 heavy (non-hydrogen) atoms. The Bertz CT molecular complexity index is 385. The fraction of sp³-hybridized carbons (Fsp3) is 0.462. The van der Waals surface area contributed by atoms with Crippen molar-refractivity contribution < 1.29 is 9.00 Å². The van der Waals surface area contributed by atoms with Crippen LogP contribution in [0.1, 0.15) is 30.9 Å². The van der Waals surface area contributed by atoms with Crippen LogP contribution >= 0.6 is 0 Å². The maximum Gasteiger partial charge on any atom is 0.129 e. The van der Waals surface area contributed by atoms with E-state index in [9.17, 15) is 9.00 Å². The number of carbonyl (C=O) groups is 1. The fourth-order valence-electron chi connectivity index (χ4n) is 1.54. The molecule has 0 heterocycles. The largest absolute Gasteiger partial charge is 0.300 e. The SMILES string of the molecule is CC(=O)CCCS(=O)Cc1cccc(C)c1. The molecule has 1 atom stereocenters. The smallest absolute Gasteiger partial charge is 0.129 e. The Morgan fingerprint density at radius 1 is 1.38 bits per heavy atom. The molecule has 1 aromatic rings. The Hall–Kier alpha value is -0.960. The minimum absolute atomic E-state index is 0.174. The second-order valence-electron chi connectivity index (χ2n) is 4.08. The Kier molecular flexibility index (Phi) is 5.39. The molecule has 0 aliphatic carbocycles. The molecule has 0 aromatic heterocycles. The van der Waals surface area contributed by atoms with Crippen molar-refractivity contribution in [3.8, 4) is 0 Å². The van der Waals surface area contributed by atoms with Crippen LogP contribution in [0, 0.1) is 6.92 Å². The van der Waals surface area contributed by atoms with Crippen LogP contribution in [0.25, 0.3) is 0 Å². The number of hydrogen-bond donors (Lipinski definition) is 0. The molecule has 0 fully saturated rings. The van der Waals surface area contributed by atoms with Crippen LogP contribution in [-0.2, 0) is 21.3 Å². The Morgan fingerprint density at radius 2 is 2.12 bits per heavy atom. The predicted molar refractivity (Wildman–Crippen MR) is 67.8 cm³/mol. The van der Waals surface area contributed by atoms with E-state index in [-0.39, 0.29) is 5.78 Å². The average molecular weight is 238 g/mol. The normalized spacial score (nSPS) is 12.4. The number of Topliss-reactive ketones (excluding diaryl/α,β-unsaturated/α-hetero) is 1. The number of rotatable bonds is 6. The number of hydrogen-bond acceptors (Lipinski definition) is 2. The van der Waals surface area contributed by atoms with Gasteiger partial charge in [0.2, 0.25) is 0 Å². The lowest BCUT2D eigenvalue weighted by Gasteiger charge is -2.03. The molecule has 0 N–H and O–H groups in total. The van der Waals surface area contributed by atoms with Crippen LogP contribution in [0.2, 0.25) is 0 Å². The summed E-state index contributed by atoms with van der Waals surface area (Å²) in [5.41, 5.74) is 2.30. The van der Waals surface area contributed by atoms with Gasteiger partial charge in [-0.15, -0.1) is 0 Å². The fourth-order valence-corrected chi connectivity index (χ4v) is 2.70. The lowest BCUT2D eigenvalue weighted by Crippen LogP contribution is -2.03. The van der Waals surface area contributed by atoms with E-state index in [0.717, 1.165) is 12.0 Å². The van der Waals surface area contributed by atoms with Crippen molar-refractivity contribution in [2.24, 2.45) is 0 Å². The summed E-state index contributed by atoms with van der Waals surface area (Å²) in [7, 11) is -0.848. The summed E-state index contributed by atoms with van der Waals surface area (Å²) in [5.74, 6) is 1.39. The third-order valence-corrected chi connectivity index (χ3v) is 3.71. The number of carbonyl (C=O) groups excluding carboxylic acids is 1. The van der Waals surface area contributed by atoms with E-state index in [1.54, 1.807) is 6.92 Å². The number of aryl methyl sites for hydroxylation is 1. The van der Waals surface area contributed by atoms with Gasteiger partial charge in [-0.3, -0.25) is 4.21 Å². The highest BCUT2D eigenvalue weighted by molar-refractivity contribution is 7.84. The molecule has 0 aliphatic rings. The second kappa shape index (κ2) is 6.59. The molecule has 0 saturated carbocycles. The zero-order chi connectivity index (χ0) is 12.0. The molecule has 2 nitrogen and oxygen atoms in total. The molecule has 3 heteroatoms. The minimum Gasteiger partial charge on any atom is -0.300 e. The first kappa shape index (κ1) is 13.1. The van der Waals surface area contributed by atoms with E-state index in [1.165, 1.54) is 5.56 Å². The highest BCUT2D eigenvalue weighted by Crippen LogP contribution is 2.07. The summed E-state index contributed by atoms with van der Waals surface area (Å²) in [6, 6.07) is 8.07. The molecular formula is C13H18O2S. The van der Waals surface area contributed by atoms with Gasteiger partial charge in [0.15, 0.2) is 0 Å². The highest BCUT2D eigenvalue weighted by atomic mass is 32.2. The molecule has 1 aromatic carbocycles. The van der Waals surface area contributed by atoms with Gasteiger partial charge >= 0.3 is 0 Å². The van der Waals surface area contributed by atoms with E-state index in [0.29, 0.717) is 17.9 Å². The summed E-state index contributed by atoms with van der Waals surface area (Å²) < 4.78 is 11.7. The van der Waals surface area contributed by atoms with Gasteiger partial charge in [-0.05, 0) is 25.8 Å². The van der Waals surface area contributed by atoms with E-state index in [4.69, 9.17) is 0 Å². The van der Waals surface area contributed by atoms with Crippen molar-refractivity contribution in [1.29, 1.82) is 0 Å². The molecule has 0 saturated heterocycles. The van der Waals surface area contributed by atoms with Gasteiger partial charge in [-0.1, -0.05) is 29.8 Å². The van der Waals surface area contributed by atoms with Gasteiger partial charge in [-0.2, -0.15) is 0 Å². The van der Waals surface area contributed by atoms with E-state index in [2.05, 4.69) is 6.07 Å². The summed E-state index contributed by atoms with van der Waals surface area (Å²) in [4.78, 5) is 10.7. The van der Waals surface area contributed by atoms with Crippen molar-refractivity contribution in [3.63, 3.8) is 0 Å². The lowest BCUT2D eigenvalue weighted by molar-refractivity contribution is -0.117. The van der Waals surface area contributed by atoms with Crippen LogP contribution in [0.3, 0.4) is 0 Å². The number of benzene rings is 1. The first-order valence-electron chi connectivity index (χ1n) is 5.48. The lowest BCUT2D eigenvalue weighted by atomic mass is 10.2. The monoisotopic (exact) mass is 238 g/mol. The zero-order valence-corrected chi connectivity index (χ0v) is 10.7. The molecule has 1 rings (SSSR count). The highest BCUT2D eigenvalue weighted by Gasteiger charge is 2.03. The van der Waals surface area contributed by atoms with Crippen LogP contribution in [0.15, 0.2) is 24.3 Å². The molecule has 0 spiro atoms. The first-order valence-corrected chi connectivity index (χ1v) is 6.96. The van der Waals surface area contributed by atoms with Crippen LogP contribution in [0.4, 0.5) is 0 Å². The molecule has 1 unspecified atom stereocenters. The van der Waals surface area contributed by atoms with Crippen LogP contribution in [-0.4, -0.2) is 15.7 Å². The molecule has 0 amide bonds. The third-order valence-electron chi connectivity index (χ3n) is 2.31. The van der Waals surface area contributed by atoms with E-state index in [1.807, 2.05) is 25.1 Å². The van der Waals surface area contributed by atoms with Crippen molar-refractivity contribution in [3.05, 3.63) is 35.4 Å². The second-order valence-corrected chi connectivity index (χ2v) is 5.66. The Morgan fingerprint density at radius 3 is 2.75 bits per heavy atom. The Balaban J connectivity index is 2.37. The summed E-state index contributed by atoms with van der Waals surface area (Å²) in [6.45, 7) is 3.60. The topological polar surface area (TPSA) is 34.1 Å². The van der Waals surface area contributed by atoms with Gasteiger partial charge < -0.3 is 4.79 Å². The van der Waals surface area contributed by atoms with Gasteiger partial charge in [0.1, 0.15) is 5.78 Å². The van der Waals surface area contributed by atoms with Crippen LogP contribution < -0.4 is 0 Å². The maximum atomic E-state index is 11.7. The predicted octanol–water partition coefficient (Wildman–Crippen LogP) is 2.61. The van der Waals surface area contributed by atoms with Crippen molar-refractivity contribution in [2.75, 3.05) is 5.75 Å². The van der Waals surface area contributed by atoms with E-state index >= 15 is 0 Å². The minimum atomic E-state index is -0.848. The standard InChI is InChI=1S/C13H18O2S/c1-11-5-3-7-13(9-11)10-16(15)8-4-6-12(2)14/h3,5,7,9H,4,6,8,10H2,1-2H3. The average Bonchev–Trinajstić information content (AvgIpc) is 2.16. The first-order chi connectivity index (χ1) is 7.58. The quantitative estimate of drug-likeness (QED) is 0.763. The van der Waals surface area contributed by atoms with Gasteiger partial charge in [0.25, 0.3) is 0 Å². The Labute approximate surface area is 99.5 Å². The van der Waals surface area contributed by atoms with Gasteiger partial charge in [0, 0.05) is 28.7 Å². The maximum absolute atomic E-state index is 11.7. The molecular weight excluding hydrogens is 220 g/mol. The summed E-state index contributed by atoms with van der Waals surface area (Å²) >= 11 is 0. The molecule has 0 aliphatic heterocycles. The van der Waals surface area contributed by atoms with Crippen LogP contribution in [0.5, 0.6) is 0 Å². The van der Waals surface area contributed by atoms with Crippen molar-refractivity contribution in [1.82, 2.24) is 0 Å². The molecule has 0 radical (unpaired) electrons. The van der Waals surface area contributed by atoms with Gasteiger partial charge in [-0.25, -0.2) is 0 Å². The molecule has 0 bridgehead atoms. The third kappa shape index (κ3) is 5.21. The van der Waals surface area contributed by atoms with Crippen molar-refractivity contribution >= 4 is 16.6 Å². The number of ketones is 1. The van der Waals surface area contributed by atoms with E-state index < -0.39 is 10.8 Å². The summed E-state index contributed by atoms with van der Waals surface area (Å²) in [6.07, 6.45) is 1.27. The molecule has 88 valence electrons. The zero-order valence-electron chi connectivity index (χ0n) is 9.86.